The fourth-order valence-electron chi connectivity index (χ4n) is 1.88. The minimum Gasteiger partial charge on any atom is -0.476 e. The summed E-state index contributed by atoms with van der Waals surface area (Å²) in [6, 6.07) is 9.83. The third-order valence-electron chi connectivity index (χ3n) is 3.35. The summed E-state index contributed by atoms with van der Waals surface area (Å²) in [5.74, 6) is 1.08. The summed E-state index contributed by atoms with van der Waals surface area (Å²) >= 11 is 0. The molecule has 1 fully saturated rings. The number of nitrogens with two attached hydrogens (primary N) is 1. The highest BCUT2D eigenvalue weighted by molar-refractivity contribution is 5.49. The molecule has 1 aliphatic carbocycles. The zero-order chi connectivity index (χ0) is 14.7. The highest BCUT2D eigenvalue weighted by Crippen LogP contribution is 2.31. The van der Waals surface area contributed by atoms with Crippen molar-refractivity contribution >= 4 is 5.69 Å². The van der Waals surface area contributed by atoms with Crippen LogP contribution in [0.3, 0.4) is 0 Å². The van der Waals surface area contributed by atoms with Gasteiger partial charge in [0, 0.05) is 11.6 Å². The molecular weight excluding hydrogens is 271 g/mol. The number of hydrogen-bond donors (Lipinski definition) is 1. The molecule has 110 valence electrons. The van der Waals surface area contributed by atoms with E-state index >= 15 is 0 Å². The molecule has 0 atom stereocenters. The average Bonchev–Trinajstić information content (AvgIpc) is 3.31. The summed E-state index contributed by atoms with van der Waals surface area (Å²) in [6.07, 6.45) is 2.40. The summed E-state index contributed by atoms with van der Waals surface area (Å²) in [5.41, 5.74) is 6.79. The number of nitrogen functional groups attached to an aromatic ring is 1. The Morgan fingerprint density at radius 2 is 1.95 bits per heavy atom. The first-order valence-electron chi connectivity index (χ1n) is 6.98. The van der Waals surface area contributed by atoms with Crippen molar-refractivity contribution in [2.75, 3.05) is 12.3 Å². The van der Waals surface area contributed by atoms with E-state index in [1.165, 1.54) is 18.9 Å². The molecule has 0 unspecified atom stereocenters. The normalized spacial score (nSPS) is 14.0. The molecule has 0 spiro atoms. The first-order chi connectivity index (χ1) is 10.2. The molecule has 0 amide bonds. The lowest BCUT2D eigenvalue weighted by Gasteiger charge is -2.10. The van der Waals surface area contributed by atoms with Crippen molar-refractivity contribution in [2.24, 2.45) is 5.92 Å². The number of hydrogen-bond acceptors (Lipinski definition) is 4. The molecule has 2 aromatic rings. The van der Waals surface area contributed by atoms with Gasteiger partial charge in [-0.05, 0) is 30.9 Å². The highest BCUT2D eigenvalue weighted by Gasteiger charge is 2.22. The fourth-order valence-corrected chi connectivity index (χ4v) is 1.88. The Bertz CT molecular complexity index is 629. The Kier molecular flexibility index (Phi) is 3.90. The van der Waals surface area contributed by atoms with Gasteiger partial charge < -0.3 is 15.2 Å². The van der Waals surface area contributed by atoms with Crippen molar-refractivity contribution < 1.29 is 13.9 Å². The average molecular weight is 288 g/mol. The summed E-state index contributed by atoms with van der Waals surface area (Å²) in [5, 5.41) is 0. The maximum atomic E-state index is 13.5. The van der Waals surface area contributed by atoms with Crippen molar-refractivity contribution in [3.05, 3.63) is 47.8 Å². The first kappa shape index (κ1) is 13.7. The molecule has 3 rings (SSSR count). The van der Waals surface area contributed by atoms with E-state index in [1.807, 2.05) is 0 Å². The van der Waals surface area contributed by atoms with E-state index in [9.17, 15) is 4.39 Å². The van der Waals surface area contributed by atoms with Crippen LogP contribution in [0.15, 0.2) is 36.4 Å². The summed E-state index contributed by atoms with van der Waals surface area (Å²) in [4.78, 5) is 4.22. The number of benzene rings is 1. The summed E-state index contributed by atoms with van der Waals surface area (Å²) in [7, 11) is 0. The van der Waals surface area contributed by atoms with Crippen LogP contribution in [0.1, 0.15) is 18.4 Å². The SMILES string of the molecule is Nc1ccc(OCc2ccccc2F)nc1OCC1CC1. The smallest absolute Gasteiger partial charge is 0.240 e. The van der Waals surface area contributed by atoms with Crippen molar-refractivity contribution in [1.82, 2.24) is 4.98 Å². The number of pyridine rings is 1. The third kappa shape index (κ3) is 3.62. The summed E-state index contributed by atoms with van der Waals surface area (Å²) < 4.78 is 24.6. The van der Waals surface area contributed by atoms with Gasteiger partial charge in [-0.2, -0.15) is 4.98 Å². The van der Waals surface area contributed by atoms with Crippen molar-refractivity contribution in [3.63, 3.8) is 0 Å². The van der Waals surface area contributed by atoms with Gasteiger partial charge in [0.15, 0.2) is 0 Å². The molecule has 1 heterocycles. The van der Waals surface area contributed by atoms with E-state index < -0.39 is 0 Å². The van der Waals surface area contributed by atoms with Crippen LogP contribution in [0.2, 0.25) is 0 Å². The van der Waals surface area contributed by atoms with Gasteiger partial charge in [-0.3, -0.25) is 0 Å². The number of rotatable bonds is 6. The van der Waals surface area contributed by atoms with Gasteiger partial charge >= 0.3 is 0 Å². The Labute approximate surface area is 122 Å². The fraction of sp³-hybridized carbons (Fsp3) is 0.312. The van der Waals surface area contributed by atoms with Gasteiger partial charge in [0.2, 0.25) is 11.8 Å². The van der Waals surface area contributed by atoms with Gasteiger partial charge in [0.05, 0.1) is 12.3 Å². The minimum atomic E-state index is -0.293. The van der Waals surface area contributed by atoms with Gasteiger partial charge in [-0.25, -0.2) is 4.39 Å². The van der Waals surface area contributed by atoms with Crippen LogP contribution in [0.5, 0.6) is 11.8 Å². The van der Waals surface area contributed by atoms with Crippen LogP contribution in [-0.4, -0.2) is 11.6 Å². The van der Waals surface area contributed by atoms with Crippen LogP contribution in [0.25, 0.3) is 0 Å². The molecule has 2 N–H and O–H groups in total. The predicted molar refractivity (Wildman–Crippen MR) is 77.6 cm³/mol. The number of aromatic nitrogens is 1. The summed E-state index contributed by atoms with van der Waals surface area (Å²) in [6.45, 7) is 0.750. The number of nitrogens with zero attached hydrogens (tertiary/aromatic N) is 1. The van der Waals surface area contributed by atoms with Gasteiger partial charge in [-0.15, -0.1) is 0 Å². The van der Waals surface area contributed by atoms with E-state index in [0.717, 1.165) is 0 Å². The molecule has 1 aromatic heterocycles. The number of halogens is 1. The van der Waals surface area contributed by atoms with Gasteiger partial charge in [-0.1, -0.05) is 18.2 Å². The van der Waals surface area contributed by atoms with E-state index in [-0.39, 0.29) is 12.4 Å². The van der Waals surface area contributed by atoms with Gasteiger partial charge in [0.25, 0.3) is 0 Å². The molecule has 1 saturated carbocycles. The van der Waals surface area contributed by atoms with Crippen LogP contribution in [0, 0.1) is 11.7 Å². The maximum Gasteiger partial charge on any atom is 0.240 e. The van der Waals surface area contributed by atoms with E-state index in [4.69, 9.17) is 15.2 Å². The second-order valence-electron chi connectivity index (χ2n) is 5.18. The lowest BCUT2D eigenvalue weighted by molar-refractivity contribution is 0.264. The molecule has 0 saturated heterocycles. The van der Waals surface area contributed by atoms with Crippen LogP contribution >= 0.6 is 0 Å². The maximum absolute atomic E-state index is 13.5. The number of ether oxygens (including phenoxy) is 2. The first-order valence-corrected chi connectivity index (χ1v) is 6.98. The molecule has 21 heavy (non-hydrogen) atoms. The van der Waals surface area contributed by atoms with Crippen LogP contribution in [-0.2, 0) is 6.61 Å². The standard InChI is InChI=1S/C16H17FN2O2/c17-13-4-2-1-3-12(13)10-20-15-8-7-14(18)16(19-15)21-9-11-5-6-11/h1-4,7-8,11H,5-6,9-10,18H2. The Balaban J connectivity index is 1.64. The zero-order valence-corrected chi connectivity index (χ0v) is 11.6. The lowest BCUT2D eigenvalue weighted by atomic mass is 10.2. The molecule has 0 bridgehead atoms. The molecule has 5 heteroatoms. The Morgan fingerprint density at radius 1 is 1.14 bits per heavy atom. The molecule has 4 nitrogen and oxygen atoms in total. The molecule has 0 aliphatic heterocycles. The number of anilines is 1. The molecule has 1 aliphatic rings. The van der Waals surface area contributed by atoms with Crippen molar-refractivity contribution in [1.29, 1.82) is 0 Å². The molecular formula is C16H17FN2O2. The zero-order valence-electron chi connectivity index (χ0n) is 11.6. The monoisotopic (exact) mass is 288 g/mol. The Morgan fingerprint density at radius 3 is 2.71 bits per heavy atom. The second-order valence-corrected chi connectivity index (χ2v) is 5.18. The van der Waals surface area contributed by atoms with E-state index in [1.54, 1.807) is 30.3 Å². The largest absolute Gasteiger partial charge is 0.476 e. The van der Waals surface area contributed by atoms with Crippen LogP contribution < -0.4 is 15.2 Å². The van der Waals surface area contributed by atoms with Gasteiger partial charge in [0.1, 0.15) is 12.4 Å². The van der Waals surface area contributed by atoms with E-state index in [0.29, 0.717) is 35.5 Å². The molecule has 1 aromatic carbocycles. The Hall–Kier alpha value is -2.30. The highest BCUT2D eigenvalue weighted by atomic mass is 19.1. The lowest BCUT2D eigenvalue weighted by Crippen LogP contribution is -2.05. The quantitative estimate of drug-likeness (QED) is 0.887. The minimum absolute atomic E-state index is 0.117. The predicted octanol–water partition coefficient (Wildman–Crippen LogP) is 3.17. The van der Waals surface area contributed by atoms with E-state index in [2.05, 4.69) is 4.98 Å². The topological polar surface area (TPSA) is 57.4 Å². The third-order valence-corrected chi connectivity index (χ3v) is 3.35. The molecule has 0 radical (unpaired) electrons. The van der Waals surface area contributed by atoms with Crippen molar-refractivity contribution in [2.45, 2.75) is 19.4 Å². The van der Waals surface area contributed by atoms with Crippen LogP contribution in [0.4, 0.5) is 10.1 Å². The van der Waals surface area contributed by atoms with Crippen molar-refractivity contribution in [3.8, 4) is 11.8 Å². The second kappa shape index (κ2) is 5.99.